The standard InChI is InChI=1S/C17H25N3S2.HI/c1-4-18-17(19-12-14(2)15-8-11-21-13-15)20(3)9-7-16-6-5-10-22-16;/h5-6,8,10-11,13-14H,4,7,9,12H2,1-3H3,(H,18,19);1H. The maximum absolute atomic E-state index is 4.81. The predicted octanol–water partition coefficient (Wildman–Crippen LogP) is 4.67. The second-order valence-electron chi connectivity index (χ2n) is 5.40. The van der Waals surface area contributed by atoms with Gasteiger partial charge in [0.25, 0.3) is 0 Å². The Labute approximate surface area is 164 Å². The molecule has 1 unspecified atom stereocenters. The molecule has 128 valence electrons. The van der Waals surface area contributed by atoms with E-state index in [4.69, 9.17) is 4.99 Å². The third-order valence-electron chi connectivity index (χ3n) is 3.60. The van der Waals surface area contributed by atoms with E-state index in [2.05, 4.69) is 65.5 Å². The van der Waals surface area contributed by atoms with Crippen LogP contribution in [0.1, 0.15) is 30.2 Å². The molecule has 0 radical (unpaired) electrons. The van der Waals surface area contributed by atoms with E-state index in [0.29, 0.717) is 5.92 Å². The molecule has 3 nitrogen and oxygen atoms in total. The van der Waals surface area contributed by atoms with Gasteiger partial charge in [0, 0.05) is 37.5 Å². The van der Waals surface area contributed by atoms with Crippen molar-refractivity contribution >= 4 is 52.6 Å². The molecule has 23 heavy (non-hydrogen) atoms. The average Bonchev–Trinajstić information content (AvgIpc) is 3.21. The van der Waals surface area contributed by atoms with Crippen LogP contribution in [0.25, 0.3) is 0 Å². The van der Waals surface area contributed by atoms with Crippen LogP contribution in [0.4, 0.5) is 0 Å². The number of rotatable bonds is 7. The molecule has 2 aromatic rings. The second-order valence-corrected chi connectivity index (χ2v) is 7.22. The van der Waals surface area contributed by atoms with Crippen LogP contribution >= 0.6 is 46.7 Å². The second kappa shape index (κ2) is 11.0. The smallest absolute Gasteiger partial charge is 0.193 e. The summed E-state index contributed by atoms with van der Waals surface area (Å²) in [7, 11) is 2.12. The molecule has 2 heterocycles. The van der Waals surface area contributed by atoms with Gasteiger partial charge in [-0.15, -0.1) is 35.3 Å². The van der Waals surface area contributed by atoms with Crippen molar-refractivity contribution in [2.45, 2.75) is 26.2 Å². The summed E-state index contributed by atoms with van der Waals surface area (Å²) >= 11 is 3.57. The van der Waals surface area contributed by atoms with Crippen molar-refractivity contribution in [2.24, 2.45) is 4.99 Å². The number of hydrogen-bond donors (Lipinski definition) is 1. The van der Waals surface area contributed by atoms with E-state index in [9.17, 15) is 0 Å². The van der Waals surface area contributed by atoms with Crippen molar-refractivity contribution in [1.82, 2.24) is 10.2 Å². The first-order valence-electron chi connectivity index (χ1n) is 7.74. The van der Waals surface area contributed by atoms with Crippen LogP contribution in [0, 0.1) is 0 Å². The molecule has 0 aliphatic carbocycles. The maximum Gasteiger partial charge on any atom is 0.193 e. The lowest BCUT2D eigenvalue weighted by molar-refractivity contribution is 0.485. The first-order chi connectivity index (χ1) is 10.7. The van der Waals surface area contributed by atoms with Gasteiger partial charge in [-0.25, -0.2) is 0 Å². The van der Waals surface area contributed by atoms with E-state index in [1.165, 1.54) is 10.4 Å². The molecule has 0 aromatic carbocycles. The van der Waals surface area contributed by atoms with Crippen LogP contribution in [0.3, 0.4) is 0 Å². The van der Waals surface area contributed by atoms with Crippen molar-refractivity contribution < 1.29 is 0 Å². The van der Waals surface area contributed by atoms with E-state index in [1.807, 2.05) is 11.3 Å². The molecule has 0 fully saturated rings. The van der Waals surface area contributed by atoms with Gasteiger partial charge in [0.1, 0.15) is 0 Å². The summed E-state index contributed by atoms with van der Waals surface area (Å²) in [5.41, 5.74) is 1.38. The summed E-state index contributed by atoms with van der Waals surface area (Å²) in [5, 5.41) is 9.88. The maximum atomic E-state index is 4.81. The Bertz CT molecular complexity index is 552. The molecule has 0 spiro atoms. The van der Waals surface area contributed by atoms with Gasteiger partial charge in [-0.2, -0.15) is 11.3 Å². The number of hydrogen-bond acceptors (Lipinski definition) is 3. The van der Waals surface area contributed by atoms with Crippen molar-refractivity contribution in [2.75, 3.05) is 26.7 Å². The topological polar surface area (TPSA) is 27.6 Å². The summed E-state index contributed by atoms with van der Waals surface area (Å²) in [6.07, 6.45) is 1.07. The van der Waals surface area contributed by atoms with Crippen LogP contribution in [0.5, 0.6) is 0 Å². The zero-order valence-corrected chi connectivity index (χ0v) is 18.0. The number of likely N-dealkylation sites (N-methyl/N-ethyl adjacent to an activating group) is 1. The number of nitrogens with zero attached hydrogens (tertiary/aromatic N) is 2. The first kappa shape index (κ1) is 20.4. The summed E-state index contributed by atoms with van der Waals surface area (Å²) in [5.74, 6) is 1.46. The van der Waals surface area contributed by atoms with Crippen molar-refractivity contribution in [3.8, 4) is 0 Å². The molecule has 0 saturated heterocycles. The minimum absolute atomic E-state index is 0. The van der Waals surface area contributed by atoms with E-state index in [0.717, 1.165) is 32.0 Å². The molecule has 0 saturated carbocycles. The molecule has 2 aromatic heterocycles. The van der Waals surface area contributed by atoms with Gasteiger partial charge >= 0.3 is 0 Å². The minimum atomic E-state index is 0. The summed E-state index contributed by atoms with van der Waals surface area (Å²) in [6, 6.07) is 6.50. The molecular formula is C17H26IN3S2. The lowest BCUT2D eigenvalue weighted by atomic mass is 10.1. The first-order valence-corrected chi connectivity index (χ1v) is 9.57. The quantitative estimate of drug-likeness (QED) is 0.367. The van der Waals surface area contributed by atoms with Gasteiger partial charge in [-0.05, 0) is 47.2 Å². The highest BCUT2D eigenvalue weighted by Crippen LogP contribution is 2.18. The van der Waals surface area contributed by atoms with Gasteiger partial charge in [0.2, 0.25) is 0 Å². The Morgan fingerprint density at radius 3 is 2.78 bits per heavy atom. The zero-order chi connectivity index (χ0) is 15.8. The number of thiophene rings is 2. The average molecular weight is 463 g/mol. The predicted molar refractivity (Wildman–Crippen MR) is 115 cm³/mol. The highest BCUT2D eigenvalue weighted by Gasteiger charge is 2.09. The fourth-order valence-corrected chi connectivity index (χ4v) is 3.67. The van der Waals surface area contributed by atoms with Gasteiger partial charge in [0.05, 0.1) is 0 Å². The SMILES string of the molecule is CCNC(=NCC(C)c1ccsc1)N(C)CCc1cccs1.I. The lowest BCUT2D eigenvalue weighted by Gasteiger charge is -2.22. The molecule has 1 atom stereocenters. The zero-order valence-electron chi connectivity index (χ0n) is 14.0. The number of aliphatic imine (C=N–C) groups is 1. The highest BCUT2D eigenvalue weighted by molar-refractivity contribution is 14.0. The normalized spacial score (nSPS) is 12.6. The Hall–Kier alpha value is -0.600. The van der Waals surface area contributed by atoms with Crippen molar-refractivity contribution in [3.63, 3.8) is 0 Å². The molecule has 0 aliphatic rings. The monoisotopic (exact) mass is 463 g/mol. The fraction of sp³-hybridized carbons (Fsp3) is 0.471. The van der Waals surface area contributed by atoms with Crippen molar-refractivity contribution in [1.29, 1.82) is 0 Å². The molecule has 1 N–H and O–H groups in total. The largest absolute Gasteiger partial charge is 0.357 e. The minimum Gasteiger partial charge on any atom is -0.357 e. The highest BCUT2D eigenvalue weighted by atomic mass is 127. The van der Waals surface area contributed by atoms with E-state index in [-0.39, 0.29) is 24.0 Å². The summed E-state index contributed by atoms with van der Waals surface area (Å²) in [6.45, 7) is 7.06. The van der Waals surface area contributed by atoms with Gasteiger partial charge in [-0.3, -0.25) is 4.99 Å². The molecule has 0 aliphatic heterocycles. The van der Waals surface area contributed by atoms with Crippen LogP contribution < -0.4 is 5.32 Å². The fourth-order valence-electron chi connectivity index (χ4n) is 2.19. The van der Waals surface area contributed by atoms with E-state index >= 15 is 0 Å². The number of halogens is 1. The number of guanidine groups is 1. The molecule has 0 amide bonds. The van der Waals surface area contributed by atoms with Gasteiger partial charge < -0.3 is 10.2 Å². The van der Waals surface area contributed by atoms with Gasteiger partial charge in [-0.1, -0.05) is 13.0 Å². The van der Waals surface area contributed by atoms with Gasteiger partial charge in [0.15, 0.2) is 5.96 Å². The van der Waals surface area contributed by atoms with Crippen LogP contribution in [-0.2, 0) is 6.42 Å². The molecular weight excluding hydrogens is 437 g/mol. The Balaban J connectivity index is 0.00000264. The molecule has 6 heteroatoms. The molecule has 2 rings (SSSR count). The third kappa shape index (κ3) is 6.81. The van der Waals surface area contributed by atoms with E-state index < -0.39 is 0 Å². The van der Waals surface area contributed by atoms with Crippen LogP contribution in [0.15, 0.2) is 39.3 Å². The van der Waals surface area contributed by atoms with Crippen LogP contribution in [-0.4, -0.2) is 37.5 Å². The Morgan fingerprint density at radius 2 is 2.17 bits per heavy atom. The Morgan fingerprint density at radius 1 is 1.35 bits per heavy atom. The van der Waals surface area contributed by atoms with Crippen LogP contribution in [0.2, 0.25) is 0 Å². The Kier molecular flexibility index (Phi) is 9.81. The summed E-state index contributed by atoms with van der Waals surface area (Å²) < 4.78 is 0. The third-order valence-corrected chi connectivity index (χ3v) is 5.23. The lowest BCUT2D eigenvalue weighted by Crippen LogP contribution is -2.40. The summed E-state index contributed by atoms with van der Waals surface area (Å²) in [4.78, 5) is 8.46. The molecule has 0 bridgehead atoms. The van der Waals surface area contributed by atoms with Crippen molar-refractivity contribution in [3.05, 3.63) is 44.8 Å². The number of nitrogens with one attached hydrogen (secondary N) is 1. The van der Waals surface area contributed by atoms with E-state index in [1.54, 1.807) is 11.3 Å².